The molecule has 24 heavy (non-hydrogen) atoms. The van der Waals surface area contributed by atoms with E-state index >= 15 is 0 Å². The minimum absolute atomic E-state index is 0.171. The van der Waals surface area contributed by atoms with E-state index in [1.807, 2.05) is 12.1 Å². The van der Waals surface area contributed by atoms with Crippen molar-refractivity contribution >= 4 is 40.5 Å². The summed E-state index contributed by atoms with van der Waals surface area (Å²) in [7, 11) is 0. The first-order chi connectivity index (χ1) is 11.3. The maximum Gasteiger partial charge on any atom is 0.277 e. The number of hydrogen-bond acceptors (Lipinski definition) is 4. The van der Waals surface area contributed by atoms with E-state index in [4.69, 9.17) is 41.2 Å². The van der Waals surface area contributed by atoms with E-state index < -0.39 is 17.4 Å². The molecule has 0 saturated heterocycles. The van der Waals surface area contributed by atoms with Crippen LogP contribution in [0.4, 0.5) is 0 Å². The van der Waals surface area contributed by atoms with E-state index in [1.54, 1.807) is 25.1 Å². The van der Waals surface area contributed by atoms with E-state index in [1.165, 1.54) is 0 Å². The highest BCUT2D eigenvalue weighted by atomic mass is 35.5. The van der Waals surface area contributed by atoms with Gasteiger partial charge in [0, 0.05) is 17.2 Å². The molecule has 3 N–H and O–H groups in total. The van der Waals surface area contributed by atoms with Gasteiger partial charge in [-0.2, -0.15) is 15.2 Å². The fourth-order valence-electron chi connectivity index (χ4n) is 2.52. The van der Waals surface area contributed by atoms with Crippen molar-refractivity contribution in [1.82, 2.24) is 9.78 Å². The summed E-state index contributed by atoms with van der Waals surface area (Å²) in [5, 5.41) is 21.7. The number of aryl methyl sites for hydroxylation is 1. The molecule has 0 aliphatic rings. The fraction of sp³-hybridized carbons (Fsp3) is 0.200. The van der Waals surface area contributed by atoms with Gasteiger partial charge in [-0.1, -0.05) is 35.3 Å². The predicted octanol–water partition coefficient (Wildman–Crippen LogP) is 2.68. The number of benzene rings is 1. The number of thiocarbonyl (C=S) groups is 1. The molecule has 0 unspecified atom stereocenters. The van der Waals surface area contributed by atoms with Gasteiger partial charge in [-0.3, -0.25) is 9.89 Å². The van der Waals surface area contributed by atoms with Crippen LogP contribution < -0.4 is 11.3 Å². The Labute approximate surface area is 153 Å². The summed E-state index contributed by atoms with van der Waals surface area (Å²) in [5.41, 5.74) is 6.02. The van der Waals surface area contributed by atoms with Crippen molar-refractivity contribution in [2.45, 2.75) is 12.8 Å². The zero-order valence-corrected chi connectivity index (χ0v) is 14.7. The van der Waals surface area contributed by atoms with Gasteiger partial charge in [-0.15, -0.1) is 0 Å². The van der Waals surface area contributed by atoms with Crippen LogP contribution in [-0.4, -0.2) is 14.9 Å². The van der Waals surface area contributed by atoms with E-state index in [2.05, 4.69) is 5.10 Å². The quantitative estimate of drug-likeness (QED) is 0.796. The summed E-state index contributed by atoms with van der Waals surface area (Å²) in [5.74, 6) is -2.05. The Morgan fingerprint density at radius 1 is 1.38 bits per heavy atom. The standard InChI is InChI=1S/C15H11Cl2N5OS/c1-7-11(14(23)22(21-7)15(20)24)12(8(5-18)6-19)9-3-2-4-10(16)13(9)17/h2-4,8,12,21H,1H3,(H2,20,24)/t12-/m1/s1. The average Bonchev–Trinajstić information content (AvgIpc) is 2.83. The number of hydrogen-bond donors (Lipinski definition) is 2. The molecule has 0 spiro atoms. The maximum atomic E-state index is 12.6. The summed E-state index contributed by atoms with van der Waals surface area (Å²) in [6.07, 6.45) is 0. The van der Waals surface area contributed by atoms with Crippen LogP contribution in [0, 0.1) is 35.5 Å². The predicted molar refractivity (Wildman–Crippen MR) is 95.0 cm³/mol. The third-order valence-corrected chi connectivity index (χ3v) is 4.59. The van der Waals surface area contributed by atoms with Gasteiger partial charge in [-0.25, -0.2) is 0 Å². The van der Waals surface area contributed by atoms with Crippen molar-refractivity contribution in [1.29, 1.82) is 10.5 Å². The van der Waals surface area contributed by atoms with Gasteiger partial charge in [0.2, 0.25) is 0 Å². The lowest BCUT2D eigenvalue weighted by Crippen LogP contribution is -2.32. The summed E-state index contributed by atoms with van der Waals surface area (Å²) in [4.78, 5) is 12.6. The lowest BCUT2D eigenvalue weighted by Gasteiger charge is -2.19. The lowest BCUT2D eigenvalue weighted by atomic mass is 9.82. The Bertz CT molecular complexity index is 936. The first-order valence-electron chi connectivity index (χ1n) is 6.67. The topological polar surface area (TPSA) is 111 Å². The van der Waals surface area contributed by atoms with Crippen molar-refractivity contribution in [2.24, 2.45) is 11.7 Å². The zero-order chi connectivity index (χ0) is 18.0. The third kappa shape index (κ3) is 3.02. The van der Waals surface area contributed by atoms with Crippen molar-refractivity contribution in [3.8, 4) is 12.1 Å². The molecule has 122 valence electrons. The molecule has 0 fully saturated rings. The van der Waals surface area contributed by atoms with Gasteiger partial charge in [0.1, 0.15) is 5.92 Å². The first-order valence-corrected chi connectivity index (χ1v) is 7.84. The molecule has 0 bridgehead atoms. The van der Waals surface area contributed by atoms with Crippen LogP contribution >= 0.6 is 35.4 Å². The second-order valence-electron chi connectivity index (χ2n) is 4.99. The summed E-state index contributed by atoms with van der Waals surface area (Å²) in [6, 6.07) is 8.64. The molecule has 0 aliphatic heterocycles. The van der Waals surface area contributed by atoms with Gasteiger partial charge in [0.25, 0.3) is 5.56 Å². The van der Waals surface area contributed by atoms with Gasteiger partial charge in [0.15, 0.2) is 5.11 Å². The van der Waals surface area contributed by atoms with E-state index in [0.29, 0.717) is 11.3 Å². The second-order valence-corrected chi connectivity index (χ2v) is 6.19. The number of H-pyrrole nitrogens is 1. The SMILES string of the molecule is Cc1[nH]n(C(N)=S)c(=O)c1[C@@H](c1cccc(Cl)c1Cl)C(C#N)C#N. The Morgan fingerprint density at radius 2 is 2.00 bits per heavy atom. The Hall–Kier alpha value is -2.32. The molecule has 0 saturated carbocycles. The van der Waals surface area contributed by atoms with Crippen LogP contribution in [0.2, 0.25) is 10.0 Å². The largest absolute Gasteiger partial charge is 0.374 e. The summed E-state index contributed by atoms with van der Waals surface area (Å²) in [6.45, 7) is 1.63. The molecule has 0 amide bonds. The molecular weight excluding hydrogens is 369 g/mol. The normalized spacial score (nSPS) is 11.8. The third-order valence-electron chi connectivity index (χ3n) is 3.58. The number of nitrogens with two attached hydrogens (primary N) is 1. The highest BCUT2D eigenvalue weighted by Crippen LogP contribution is 2.38. The number of nitrogens with one attached hydrogen (secondary N) is 1. The Morgan fingerprint density at radius 3 is 2.50 bits per heavy atom. The number of aromatic amines is 1. The number of halogens is 2. The number of aromatic nitrogens is 2. The van der Waals surface area contributed by atoms with Crippen molar-refractivity contribution < 1.29 is 0 Å². The molecule has 0 aliphatic carbocycles. The van der Waals surface area contributed by atoms with E-state index in [-0.39, 0.29) is 20.7 Å². The molecule has 2 aromatic rings. The smallest absolute Gasteiger partial charge is 0.277 e. The van der Waals surface area contributed by atoms with Gasteiger partial charge >= 0.3 is 0 Å². The molecule has 2 rings (SSSR count). The first kappa shape index (κ1) is 18.0. The van der Waals surface area contributed by atoms with Gasteiger partial charge < -0.3 is 5.73 Å². The zero-order valence-electron chi connectivity index (χ0n) is 12.4. The Balaban J connectivity index is 2.82. The van der Waals surface area contributed by atoms with E-state index in [9.17, 15) is 15.3 Å². The monoisotopic (exact) mass is 379 g/mol. The average molecular weight is 380 g/mol. The van der Waals surface area contributed by atoms with Crippen molar-refractivity contribution in [2.75, 3.05) is 0 Å². The van der Waals surface area contributed by atoms with Crippen molar-refractivity contribution in [3.63, 3.8) is 0 Å². The van der Waals surface area contributed by atoms with Crippen LogP contribution in [0.3, 0.4) is 0 Å². The summed E-state index contributed by atoms with van der Waals surface area (Å²) < 4.78 is 0.983. The Kier molecular flexibility index (Phi) is 5.30. The highest BCUT2D eigenvalue weighted by molar-refractivity contribution is 7.80. The maximum absolute atomic E-state index is 12.6. The molecule has 6 nitrogen and oxygen atoms in total. The molecule has 0 radical (unpaired) electrons. The highest BCUT2D eigenvalue weighted by Gasteiger charge is 2.33. The van der Waals surface area contributed by atoms with Gasteiger partial charge in [0.05, 0.1) is 22.2 Å². The number of nitriles is 2. The molecule has 1 aromatic heterocycles. The molecule has 1 atom stereocenters. The number of rotatable bonds is 3. The van der Waals surface area contributed by atoms with Crippen LogP contribution in [0.1, 0.15) is 22.7 Å². The number of nitrogens with zero attached hydrogens (tertiary/aromatic N) is 3. The lowest BCUT2D eigenvalue weighted by molar-refractivity contribution is 0.700. The van der Waals surface area contributed by atoms with Crippen LogP contribution in [0.15, 0.2) is 23.0 Å². The molecule has 1 aromatic carbocycles. The van der Waals surface area contributed by atoms with Crippen molar-refractivity contribution in [3.05, 3.63) is 55.4 Å². The summed E-state index contributed by atoms with van der Waals surface area (Å²) >= 11 is 17.1. The second kappa shape index (κ2) is 7.06. The minimum Gasteiger partial charge on any atom is -0.374 e. The molecule has 9 heteroatoms. The molecule has 1 heterocycles. The van der Waals surface area contributed by atoms with E-state index in [0.717, 1.165) is 4.68 Å². The van der Waals surface area contributed by atoms with Crippen LogP contribution in [-0.2, 0) is 0 Å². The fourth-order valence-corrected chi connectivity index (χ4v) is 3.08. The minimum atomic E-state index is -1.15. The van der Waals surface area contributed by atoms with Gasteiger partial charge in [-0.05, 0) is 30.8 Å². The molecular formula is C15H11Cl2N5OS. The van der Waals surface area contributed by atoms with Crippen LogP contribution in [0.5, 0.6) is 0 Å². The van der Waals surface area contributed by atoms with Crippen LogP contribution in [0.25, 0.3) is 0 Å².